The molecule has 0 spiro atoms. The second-order valence-corrected chi connectivity index (χ2v) is 7.42. The van der Waals surface area contributed by atoms with Crippen molar-refractivity contribution < 1.29 is 9.47 Å². The van der Waals surface area contributed by atoms with Gasteiger partial charge in [-0.2, -0.15) is 0 Å². The average Bonchev–Trinajstić information content (AvgIpc) is 3.08. The van der Waals surface area contributed by atoms with Crippen LogP contribution in [0.2, 0.25) is 0 Å². The Labute approximate surface area is 158 Å². The first kappa shape index (κ1) is 18.5. The minimum Gasteiger partial charge on any atom is -0.493 e. The average molecular weight is 375 g/mol. The number of fused-ring (bicyclic) bond motifs is 1. The lowest BCUT2D eigenvalue weighted by Gasteiger charge is -2.09. The molecule has 1 aliphatic carbocycles. The summed E-state index contributed by atoms with van der Waals surface area (Å²) in [6.45, 7) is 1.23. The predicted octanol–water partition coefficient (Wildman–Crippen LogP) is 2.69. The van der Waals surface area contributed by atoms with Gasteiger partial charge in [0.25, 0.3) is 0 Å². The zero-order valence-corrected chi connectivity index (χ0v) is 16.2. The molecule has 0 bridgehead atoms. The maximum Gasteiger partial charge on any atom is 0.188 e. The van der Waals surface area contributed by atoms with Gasteiger partial charge in [0.05, 0.1) is 31.5 Å². The van der Waals surface area contributed by atoms with Gasteiger partial charge in [0, 0.05) is 17.8 Å². The van der Waals surface area contributed by atoms with Crippen molar-refractivity contribution in [1.82, 2.24) is 10.3 Å². The molecule has 0 amide bonds. The lowest BCUT2D eigenvalue weighted by molar-refractivity contribution is 0.354. The zero-order valence-electron chi connectivity index (χ0n) is 15.4. The molecule has 0 atom stereocenters. The van der Waals surface area contributed by atoms with Crippen molar-refractivity contribution in [3.63, 3.8) is 0 Å². The summed E-state index contributed by atoms with van der Waals surface area (Å²) in [6.07, 6.45) is 5.76. The van der Waals surface area contributed by atoms with E-state index in [9.17, 15) is 0 Å². The second-order valence-electron chi connectivity index (χ2n) is 6.25. The summed E-state index contributed by atoms with van der Waals surface area (Å²) in [6, 6.07) is 5.74. The number of methoxy groups -OCH3 is 2. The van der Waals surface area contributed by atoms with Gasteiger partial charge >= 0.3 is 0 Å². The van der Waals surface area contributed by atoms with Gasteiger partial charge in [0.2, 0.25) is 0 Å². The van der Waals surface area contributed by atoms with E-state index in [1.807, 2.05) is 29.5 Å². The normalized spacial score (nSPS) is 14.0. The highest BCUT2D eigenvalue weighted by molar-refractivity contribution is 7.11. The molecule has 3 rings (SSSR count). The van der Waals surface area contributed by atoms with Crippen LogP contribution in [0.15, 0.2) is 23.2 Å². The Bertz CT molecular complexity index is 749. The molecular formula is C19H26N4O2S. The SMILES string of the molecule is COc1ccc(CN=C(N)NCCc2nc3c(s2)CCCC3)cc1OC. The molecule has 3 N–H and O–H groups in total. The first-order valence-electron chi connectivity index (χ1n) is 8.91. The van der Waals surface area contributed by atoms with Crippen LogP contribution in [-0.4, -0.2) is 31.7 Å². The lowest BCUT2D eigenvalue weighted by atomic mass is 10.0. The third-order valence-corrected chi connectivity index (χ3v) is 5.63. The fourth-order valence-electron chi connectivity index (χ4n) is 3.02. The summed E-state index contributed by atoms with van der Waals surface area (Å²) in [5.41, 5.74) is 8.30. The Morgan fingerprint density at radius 2 is 2.04 bits per heavy atom. The quantitative estimate of drug-likeness (QED) is 0.575. The molecule has 0 aliphatic heterocycles. The number of aromatic nitrogens is 1. The Hall–Kier alpha value is -2.28. The van der Waals surface area contributed by atoms with Gasteiger partial charge in [-0.15, -0.1) is 11.3 Å². The van der Waals surface area contributed by atoms with Gasteiger partial charge in [0.15, 0.2) is 17.5 Å². The number of hydrogen-bond acceptors (Lipinski definition) is 5. The molecule has 0 saturated heterocycles. The van der Waals surface area contributed by atoms with E-state index in [0.717, 1.165) is 24.9 Å². The Balaban J connectivity index is 1.48. The number of nitrogens with two attached hydrogens (primary N) is 1. The first-order valence-corrected chi connectivity index (χ1v) is 9.73. The molecule has 1 heterocycles. The van der Waals surface area contributed by atoms with Crippen molar-refractivity contribution in [2.24, 2.45) is 10.7 Å². The minimum atomic E-state index is 0.445. The van der Waals surface area contributed by atoms with Gasteiger partial charge in [-0.1, -0.05) is 6.07 Å². The van der Waals surface area contributed by atoms with Crippen molar-refractivity contribution >= 4 is 17.3 Å². The smallest absolute Gasteiger partial charge is 0.188 e. The van der Waals surface area contributed by atoms with Gasteiger partial charge in [0.1, 0.15) is 0 Å². The number of aryl methyl sites for hydroxylation is 2. The predicted molar refractivity (Wildman–Crippen MR) is 105 cm³/mol. The second kappa shape index (κ2) is 8.89. The van der Waals surface area contributed by atoms with Crippen LogP contribution in [0.25, 0.3) is 0 Å². The summed E-state index contributed by atoms with van der Waals surface area (Å²) in [7, 11) is 3.24. The number of aliphatic imine (C=N–C) groups is 1. The number of ether oxygens (including phenoxy) is 2. The molecule has 0 radical (unpaired) electrons. The van der Waals surface area contributed by atoms with Gasteiger partial charge in [-0.05, 0) is 43.4 Å². The van der Waals surface area contributed by atoms with Crippen LogP contribution in [0.4, 0.5) is 0 Å². The van der Waals surface area contributed by atoms with Crippen LogP contribution in [0.5, 0.6) is 11.5 Å². The van der Waals surface area contributed by atoms with Crippen LogP contribution >= 0.6 is 11.3 Å². The third-order valence-electron chi connectivity index (χ3n) is 4.41. The molecule has 0 fully saturated rings. The van der Waals surface area contributed by atoms with Crippen molar-refractivity contribution in [3.8, 4) is 11.5 Å². The number of rotatable bonds is 7. The van der Waals surface area contributed by atoms with E-state index in [-0.39, 0.29) is 0 Å². The van der Waals surface area contributed by atoms with E-state index in [4.69, 9.17) is 20.2 Å². The summed E-state index contributed by atoms with van der Waals surface area (Å²) in [5.74, 6) is 1.85. The van der Waals surface area contributed by atoms with Gasteiger partial charge < -0.3 is 20.5 Å². The van der Waals surface area contributed by atoms with E-state index in [0.29, 0.717) is 24.0 Å². The molecular weight excluding hydrogens is 348 g/mol. The third kappa shape index (κ3) is 4.66. The summed E-state index contributed by atoms with van der Waals surface area (Å²) in [4.78, 5) is 10.6. The molecule has 7 heteroatoms. The molecule has 140 valence electrons. The van der Waals surface area contributed by atoms with Crippen LogP contribution in [0.3, 0.4) is 0 Å². The first-order chi connectivity index (χ1) is 12.7. The number of nitrogens with zero attached hydrogens (tertiary/aromatic N) is 2. The highest BCUT2D eigenvalue weighted by atomic mass is 32.1. The molecule has 2 aromatic rings. The summed E-state index contributed by atoms with van der Waals surface area (Å²) in [5, 5.41) is 4.36. The van der Waals surface area contributed by atoms with Crippen LogP contribution in [0, 0.1) is 0 Å². The molecule has 1 aromatic carbocycles. The van der Waals surface area contributed by atoms with Gasteiger partial charge in [-0.25, -0.2) is 9.98 Å². The maximum absolute atomic E-state index is 5.98. The topological polar surface area (TPSA) is 81.8 Å². The van der Waals surface area contributed by atoms with E-state index in [2.05, 4.69) is 10.3 Å². The van der Waals surface area contributed by atoms with Crippen molar-refractivity contribution in [2.75, 3.05) is 20.8 Å². The Morgan fingerprint density at radius 3 is 2.81 bits per heavy atom. The largest absolute Gasteiger partial charge is 0.493 e. The minimum absolute atomic E-state index is 0.445. The molecule has 1 aromatic heterocycles. The van der Waals surface area contributed by atoms with E-state index < -0.39 is 0 Å². The van der Waals surface area contributed by atoms with Crippen molar-refractivity contribution in [1.29, 1.82) is 0 Å². The van der Waals surface area contributed by atoms with Crippen LogP contribution in [0.1, 0.15) is 34.0 Å². The lowest BCUT2D eigenvalue weighted by Crippen LogP contribution is -2.33. The number of benzene rings is 1. The Morgan fingerprint density at radius 1 is 1.23 bits per heavy atom. The summed E-state index contributed by atoms with van der Waals surface area (Å²) < 4.78 is 10.5. The van der Waals surface area contributed by atoms with Crippen molar-refractivity contribution in [3.05, 3.63) is 39.3 Å². The highest BCUT2D eigenvalue weighted by Gasteiger charge is 2.14. The van der Waals surface area contributed by atoms with E-state index >= 15 is 0 Å². The number of hydrogen-bond donors (Lipinski definition) is 2. The fourth-order valence-corrected chi connectivity index (χ4v) is 4.18. The number of guanidine groups is 1. The Kier molecular flexibility index (Phi) is 6.33. The zero-order chi connectivity index (χ0) is 18.4. The highest BCUT2D eigenvalue weighted by Crippen LogP contribution is 2.28. The summed E-state index contributed by atoms with van der Waals surface area (Å²) >= 11 is 1.85. The standard InChI is InChI=1S/C19H26N4O2S/c1-24-15-8-7-13(11-16(15)25-2)12-22-19(20)21-10-9-18-23-14-5-3-4-6-17(14)26-18/h7-8,11H,3-6,9-10,12H2,1-2H3,(H3,20,21,22). The van der Waals surface area contributed by atoms with Gasteiger partial charge in [-0.3, -0.25) is 0 Å². The molecule has 0 unspecified atom stereocenters. The van der Waals surface area contributed by atoms with Crippen LogP contribution < -0.4 is 20.5 Å². The maximum atomic E-state index is 5.98. The molecule has 1 aliphatic rings. The molecule has 26 heavy (non-hydrogen) atoms. The van der Waals surface area contributed by atoms with Crippen molar-refractivity contribution in [2.45, 2.75) is 38.6 Å². The molecule has 0 saturated carbocycles. The monoisotopic (exact) mass is 374 g/mol. The van der Waals surface area contributed by atoms with Crippen LogP contribution in [-0.2, 0) is 25.8 Å². The number of nitrogens with one attached hydrogen (secondary N) is 1. The fraction of sp³-hybridized carbons (Fsp3) is 0.474. The van der Waals surface area contributed by atoms with E-state index in [1.54, 1.807) is 14.2 Å². The number of thiazole rings is 1. The van der Waals surface area contributed by atoms with E-state index in [1.165, 1.54) is 34.8 Å². The molecule has 6 nitrogen and oxygen atoms in total.